The van der Waals surface area contributed by atoms with Crippen molar-refractivity contribution in [2.75, 3.05) is 12.9 Å². The molecule has 1 saturated heterocycles. The minimum Gasteiger partial charge on any atom is -0.467 e. The van der Waals surface area contributed by atoms with Crippen LogP contribution in [-0.4, -0.2) is 54.5 Å². The van der Waals surface area contributed by atoms with Gasteiger partial charge in [0.05, 0.1) is 33.0 Å². The third kappa shape index (κ3) is 8.49. The maximum atomic E-state index is 13.0. The average molecular weight is 551 g/mol. The molecule has 1 fully saturated rings. The van der Waals surface area contributed by atoms with Gasteiger partial charge in [0.2, 0.25) is 0 Å². The Morgan fingerprint density at radius 2 is 1.13 bits per heavy atom. The summed E-state index contributed by atoms with van der Waals surface area (Å²) < 4.78 is 30.7. The van der Waals surface area contributed by atoms with Crippen LogP contribution in [0.3, 0.4) is 0 Å². The van der Waals surface area contributed by atoms with Gasteiger partial charge in [-0.3, -0.25) is 4.79 Å². The number of rotatable bonds is 12. The second-order valence-electron chi connectivity index (χ2n) is 9.20. The van der Waals surface area contributed by atoms with Gasteiger partial charge in [0.15, 0.2) is 11.2 Å². The lowest BCUT2D eigenvalue weighted by atomic mass is 9.94. The fourth-order valence-electron chi connectivity index (χ4n) is 4.43. The van der Waals surface area contributed by atoms with Crippen LogP contribution in [0.1, 0.15) is 23.6 Å². The molecule has 0 amide bonds. The molecule has 0 aliphatic carbocycles. The molecule has 0 aromatic heterocycles. The molecule has 3 aromatic rings. The Labute approximate surface area is 233 Å². The monoisotopic (exact) mass is 550 g/mol. The van der Waals surface area contributed by atoms with Gasteiger partial charge < -0.3 is 23.7 Å². The molecule has 0 spiro atoms. The van der Waals surface area contributed by atoms with Crippen molar-refractivity contribution in [2.45, 2.75) is 57.3 Å². The number of benzene rings is 3. The molecule has 3 aromatic carbocycles. The normalized spacial score (nSPS) is 22.8. The van der Waals surface area contributed by atoms with E-state index in [0.717, 1.165) is 28.5 Å². The predicted molar refractivity (Wildman–Crippen MR) is 149 cm³/mol. The van der Waals surface area contributed by atoms with E-state index in [-0.39, 0.29) is 18.3 Å². The lowest BCUT2D eigenvalue weighted by Crippen LogP contribution is -2.62. The Hall–Kier alpha value is -3.01. The molecule has 206 valence electrons. The predicted octanol–water partition coefficient (Wildman–Crippen LogP) is 4.96. The first-order valence-corrected chi connectivity index (χ1v) is 13.9. The van der Waals surface area contributed by atoms with Crippen molar-refractivity contribution in [2.24, 2.45) is 0 Å². The van der Waals surface area contributed by atoms with E-state index in [4.69, 9.17) is 23.7 Å². The molecule has 8 heteroatoms. The Morgan fingerprint density at radius 1 is 0.692 bits per heavy atom. The number of methoxy groups -OCH3 is 1. The van der Waals surface area contributed by atoms with Crippen molar-refractivity contribution in [3.8, 4) is 0 Å². The van der Waals surface area contributed by atoms with E-state index in [9.17, 15) is 9.59 Å². The molecular formula is C31H34O7S. The Kier molecular flexibility index (Phi) is 11.1. The number of hydrogen-bond acceptors (Lipinski definition) is 8. The van der Waals surface area contributed by atoms with Gasteiger partial charge >= 0.3 is 5.97 Å². The molecule has 5 atom stereocenters. The number of carbonyl (C=O) groups is 2. The van der Waals surface area contributed by atoms with Crippen LogP contribution < -0.4 is 0 Å². The van der Waals surface area contributed by atoms with Crippen LogP contribution in [0, 0.1) is 0 Å². The third-order valence-electron chi connectivity index (χ3n) is 6.37. The standard InChI is InChI=1S/C31H34O7S/c1-22(32)39-21-26-27(35-18-23-12-6-3-7-13-23)28(36-19-24-14-8-4-9-15-24)29(30(38-26)31(33)34-2)37-20-25-16-10-5-11-17-25/h3-17,26-30H,18-21H2,1-2H3/t26-,27?,28-,29-,30?/m0/s1. The first-order chi connectivity index (χ1) is 19.0. The first-order valence-electron chi connectivity index (χ1n) is 12.9. The van der Waals surface area contributed by atoms with Gasteiger partial charge in [-0.05, 0) is 16.7 Å². The van der Waals surface area contributed by atoms with E-state index in [1.165, 1.54) is 14.0 Å². The third-order valence-corrected chi connectivity index (χ3v) is 7.28. The van der Waals surface area contributed by atoms with Gasteiger partial charge in [0, 0.05) is 12.7 Å². The second-order valence-corrected chi connectivity index (χ2v) is 10.4. The lowest BCUT2D eigenvalue weighted by Gasteiger charge is -2.45. The maximum absolute atomic E-state index is 13.0. The van der Waals surface area contributed by atoms with E-state index in [2.05, 4.69) is 0 Å². The Morgan fingerprint density at radius 3 is 1.56 bits per heavy atom. The SMILES string of the molecule is COC(=O)C1O[C@@H](CSC(C)=O)C(OCc2ccccc2)[C@H](OCc2ccccc2)[C@@H]1OCc1ccccc1. The highest BCUT2D eigenvalue weighted by molar-refractivity contribution is 8.13. The van der Waals surface area contributed by atoms with Gasteiger partial charge in [-0.15, -0.1) is 0 Å². The van der Waals surface area contributed by atoms with Crippen molar-refractivity contribution in [1.29, 1.82) is 0 Å². The topological polar surface area (TPSA) is 80.3 Å². The van der Waals surface area contributed by atoms with Gasteiger partial charge in [-0.1, -0.05) is 103 Å². The van der Waals surface area contributed by atoms with Gasteiger partial charge in [0.25, 0.3) is 0 Å². The highest BCUT2D eigenvalue weighted by Gasteiger charge is 2.51. The fourth-order valence-corrected chi connectivity index (χ4v) is 5.09. The quantitative estimate of drug-likeness (QED) is 0.293. The van der Waals surface area contributed by atoms with Crippen LogP contribution >= 0.6 is 11.8 Å². The van der Waals surface area contributed by atoms with E-state index in [1.807, 2.05) is 91.0 Å². The van der Waals surface area contributed by atoms with Crippen LogP contribution in [0.4, 0.5) is 0 Å². The summed E-state index contributed by atoms with van der Waals surface area (Å²) in [6.07, 6.45) is -3.81. The number of thioether (sulfide) groups is 1. The van der Waals surface area contributed by atoms with Crippen LogP contribution in [-0.2, 0) is 53.1 Å². The van der Waals surface area contributed by atoms with Crippen molar-refractivity contribution >= 4 is 22.8 Å². The molecule has 1 heterocycles. The Bertz CT molecular complexity index is 1160. The number of carbonyl (C=O) groups excluding carboxylic acids is 2. The van der Waals surface area contributed by atoms with Crippen molar-refractivity contribution in [1.82, 2.24) is 0 Å². The molecule has 2 unspecified atom stereocenters. The summed E-state index contributed by atoms with van der Waals surface area (Å²) in [7, 11) is 1.32. The Balaban J connectivity index is 1.66. The first kappa shape index (κ1) is 29.0. The summed E-state index contributed by atoms with van der Waals surface area (Å²) in [5.74, 6) is -0.278. The van der Waals surface area contributed by atoms with E-state index in [1.54, 1.807) is 0 Å². The minimum atomic E-state index is -1.06. The summed E-state index contributed by atoms with van der Waals surface area (Å²) in [4.78, 5) is 24.9. The van der Waals surface area contributed by atoms with Crippen LogP contribution in [0.5, 0.6) is 0 Å². The zero-order chi connectivity index (χ0) is 27.5. The maximum Gasteiger partial charge on any atom is 0.337 e. The van der Waals surface area contributed by atoms with Crippen molar-refractivity contribution < 1.29 is 33.3 Å². The van der Waals surface area contributed by atoms with Crippen molar-refractivity contribution in [3.63, 3.8) is 0 Å². The van der Waals surface area contributed by atoms with E-state index >= 15 is 0 Å². The highest BCUT2D eigenvalue weighted by atomic mass is 32.2. The average Bonchev–Trinajstić information content (AvgIpc) is 2.98. The number of ether oxygens (including phenoxy) is 5. The molecular weight excluding hydrogens is 516 g/mol. The second kappa shape index (κ2) is 15.0. The molecule has 4 rings (SSSR count). The fraction of sp³-hybridized carbons (Fsp3) is 0.355. The highest BCUT2D eigenvalue weighted by Crippen LogP contribution is 2.32. The molecule has 39 heavy (non-hydrogen) atoms. The summed E-state index contributed by atoms with van der Waals surface area (Å²) in [6.45, 7) is 2.32. The summed E-state index contributed by atoms with van der Waals surface area (Å²) in [5.41, 5.74) is 2.89. The van der Waals surface area contributed by atoms with Gasteiger partial charge in [-0.25, -0.2) is 4.79 Å². The molecule has 0 saturated carbocycles. The lowest BCUT2D eigenvalue weighted by molar-refractivity contribution is -0.261. The number of esters is 1. The van der Waals surface area contributed by atoms with Crippen LogP contribution in [0.2, 0.25) is 0 Å². The zero-order valence-electron chi connectivity index (χ0n) is 22.1. The molecule has 7 nitrogen and oxygen atoms in total. The van der Waals surface area contributed by atoms with Gasteiger partial charge in [-0.2, -0.15) is 0 Å². The largest absolute Gasteiger partial charge is 0.467 e. The van der Waals surface area contributed by atoms with Crippen LogP contribution in [0.15, 0.2) is 91.0 Å². The molecule has 1 aliphatic heterocycles. The zero-order valence-corrected chi connectivity index (χ0v) is 23.0. The minimum absolute atomic E-state index is 0.0563. The molecule has 0 radical (unpaired) electrons. The number of hydrogen-bond donors (Lipinski definition) is 0. The summed E-state index contributed by atoms with van der Waals surface area (Å²) in [6, 6.07) is 29.3. The van der Waals surface area contributed by atoms with E-state index < -0.39 is 36.5 Å². The van der Waals surface area contributed by atoms with E-state index in [0.29, 0.717) is 12.4 Å². The molecule has 0 N–H and O–H groups in total. The van der Waals surface area contributed by atoms with Crippen molar-refractivity contribution in [3.05, 3.63) is 108 Å². The van der Waals surface area contributed by atoms with Crippen LogP contribution in [0.25, 0.3) is 0 Å². The van der Waals surface area contributed by atoms with Gasteiger partial charge in [0.1, 0.15) is 18.3 Å². The summed E-state index contributed by atoms with van der Waals surface area (Å²) >= 11 is 1.12. The molecule has 0 bridgehead atoms. The summed E-state index contributed by atoms with van der Waals surface area (Å²) in [5, 5.41) is -0.0563. The smallest absolute Gasteiger partial charge is 0.337 e. The molecule has 1 aliphatic rings.